The van der Waals surface area contributed by atoms with Gasteiger partial charge in [-0.1, -0.05) is 0 Å². The Balaban J connectivity index is 2.57. The van der Waals surface area contributed by atoms with Gasteiger partial charge in [0, 0.05) is 18.7 Å². The molecular weight excluding hydrogens is 242 g/mol. The molecule has 1 aliphatic heterocycles. The number of hydrogen-bond donors (Lipinski definition) is 1. The van der Waals surface area contributed by atoms with Crippen LogP contribution in [0.25, 0.3) is 0 Å². The Hall–Kier alpha value is -2.19. The van der Waals surface area contributed by atoms with Crippen LogP contribution in [-0.4, -0.2) is 31.3 Å². The molecule has 5 heteroatoms. The van der Waals surface area contributed by atoms with Gasteiger partial charge in [-0.05, 0) is 31.5 Å². The van der Waals surface area contributed by atoms with Crippen molar-refractivity contribution in [2.45, 2.75) is 13.8 Å². The number of piperazine rings is 1. The molecule has 0 aromatic heterocycles. The lowest BCUT2D eigenvalue weighted by molar-refractivity contribution is -0.118. The second-order valence-electron chi connectivity index (χ2n) is 4.52. The smallest absolute Gasteiger partial charge is 0.241 e. The van der Waals surface area contributed by atoms with Crippen LogP contribution in [0.2, 0.25) is 0 Å². The standard InChI is InChI=1S/C14H15N3O2/c1-9-11(7-15)3-4-12(14(9)10(2)18)17-6-5-16-8-13(17)19/h3-4,16H,5-6,8H2,1-2H3. The number of nitrogens with zero attached hydrogens (tertiary/aromatic N) is 2. The average molecular weight is 257 g/mol. The van der Waals surface area contributed by atoms with Crippen molar-refractivity contribution < 1.29 is 9.59 Å². The number of nitrogens with one attached hydrogen (secondary N) is 1. The van der Waals surface area contributed by atoms with Crippen LogP contribution < -0.4 is 10.2 Å². The van der Waals surface area contributed by atoms with Crippen LogP contribution in [0.4, 0.5) is 5.69 Å². The number of nitriles is 1. The van der Waals surface area contributed by atoms with Gasteiger partial charge >= 0.3 is 0 Å². The van der Waals surface area contributed by atoms with Crippen LogP contribution in [0.15, 0.2) is 12.1 Å². The number of rotatable bonds is 2. The number of anilines is 1. The minimum Gasteiger partial charge on any atom is -0.309 e. The second-order valence-corrected chi connectivity index (χ2v) is 4.52. The second kappa shape index (κ2) is 5.21. The van der Waals surface area contributed by atoms with Gasteiger partial charge in [0.2, 0.25) is 5.91 Å². The highest BCUT2D eigenvalue weighted by Crippen LogP contribution is 2.27. The summed E-state index contributed by atoms with van der Waals surface area (Å²) in [7, 11) is 0. The monoisotopic (exact) mass is 257 g/mol. The van der Waals surface area contributed by atoms with Crippen LogP contribution in [0, 0.1) is 18.3 Å². The molecule has 1 fully saturated rings. The average Bonchev–Trinajstić information content (AvgIpc) is 2.38. The van der Waals surface area contributed by atoms with Gasteiger partial charge in [-0.2, -0.15) is 5.26 Å². The van der Waals surface area contributed by atoms with E-state index in [-0.39, 0.29) is 18.2 Å². The summed E-state index contributed by atoms with van der Waals surface area (Å²) in [5.74, 6) is -0.186. The van der Waals surface area contributed by atoms with Gasteiger partial charge in [0.1, 0.15) is 0 Å². The quantitative estimate of drug-likeness (QED) is 0.802. The number of ketones is 1. The van der Waals surface area contributed by atoms with Gasteiger partial charge in [-0.15, -0.1) is 0 Å². The number of amides is 1. The first kappa shape index (κ1) is 13.2. The fourth-order valence-electron chi connectivity index (χ4n) is 2.35. The third kappa shape index (κ3) is 2.35. The molecule has 1 saturated heterocycles. The Labute approximate surface area is 111 Å². The first-order valence-corrected chi connectivity index (χ1v) is 6.12. The third-order valence-corrected chi connectivity index (χ3v) is 3.30. The van der Waals surface area contributed by atoms with Crippen molar-refractivity contribution in [3.63, 3.8) is 0 Å². The van der Waals surface area contributed by atoms with E-state index in [0.717, 1.165) is 0 Å². The summed E-state index contributed by atoms with van der Waals surface area (Å²) in [6.45, 7) is 4.70. The summed E-state index contributed by atoms with van der Waals surface area (Å²) in [4.78, 5) is 25.4. The summed E-state index contributed by atoms with van der Waals surface area (Å²) >= 11 is 0. The van der Waals surface area contributed by atoms with E-state index in [2.05, 4.69) is 11.4 Å². The lowest BCUT2D eigenvalue weighted by Crippen LogP contribution is -2.48. The Morgan fingerprint density at radius 3 is 2.79 bits per heavy atom. The first-order valence-electron chi connectivity index (χ1n) is 6.12. The molecule has 0 spiro atoms. The van der Waals surface area contributed by atoms with Crippen molar-refractivity contribution in [3.05, 3.63) is 28.8 Å². The molecule has 1 aromatic carbocycles. The normalized spacial score (nSPS) is 15.2. The first-order chi connectivity index (χ1) is 9.06. The molecule has 0 saturated carbocycles. The zero-order valence-corrected chi connectivity index (χ0v) is 11.0. The zero-order valence-electron chi connectivity index (χ0n) is 11.0. The van der Waals surface area contributed by atoms with E-state index >= 15 is 0 Å². The lowest BCUT2D eigenvalue weighted by Gasteiger charge is -2.29. The molecule has 0 atom stereocenters. The number of Topliss-reactive ketones (excluding diaryl/α,β-unsaturated/α-hetero) is 1. The van der Waals surface area contributed by atoms with E-state index < -0.39 is 0 Å². The van der Waals surface area contributed by atoms with E-state index in [1.807, 2.05) is 0 Å². The molecule has 0 unspecified atom stereocenters. The van der Waals surface area contributed by atoms with Crippen molar-refractivity contribution in [3.8, 4) is 6.07 Å². The Morgan fingerprint density at radius 2 is 2.21 bits per heavy atom. The van der Waals surface area contributed by atoms with Crippen LogP contribution in [0.5, 0.6) is 0 Å². The molecule has 98 valence electrons. The molecule has 0 radical (unpaired) electrons. The van der Waals surface area contributed by atoms with Crippen molar-refractivity contribution in [2.75, 3.05) is 24.5 Å². The molecule has 1 aromatic rings. The molecule has 5 nitrogen and oxygen atoms in total. The van der Waals surface area contributed by atoms with Crippen molar-refractivity contribution >= 4 is 17.4 Å². The van der Waals surface area contributed by atoms with Crippen LogP contribution in [0.1, 0.15) is 28.4 Å². The Bertz CT molecular complexity index is 587. The number of carbonyl (C=O) groups excluding carboxylic acids is 2. The highest BCUT2D eigenvalue weighted by molar-refractivity contribution is 6.06. The predicted molar refractivity (Wildman–Crippen MR) is 71.1 cm³/mol. The van der Waals surface area contributed by atoms with Crippen molar-refractivity contribution in [1.29, 1.82) is 5.26 Å². The van der Waals surface area contributed by atoms with Crippen LogP contribution >= 0.6 is 0 Å². The van der Waals surface area contributed by atoms with E-state index in [4.69, 9.17) is 5.26 Å². The molecule has 2 rings (SSSR count). The van der Waals surface area contributed by atoms with Crippen LogP contribution in [-0.2, 0) is 4.79 Å². The van der Waals surface area contributed by atoms with E-state index in [1.54, 1.807) is 24.0 Å². The highest BCUT2D eigenvalue weighted by atomic mass is 16.2. The van der Waals surface area contributed by atoms with Crippen LogP contribution in [0.3, 0.4) is 0 Å². The minimum absolute atomic E-state index is 0.0575. The van der Waals surface area contributed by atoms with Gasteiger partial charge in [0.25, 0.3) is 0 Å². The summed E-state index contributed by atoms with van der Waals surface area (Å²) in [6.07, 6.45) is 0. The van der Waals surface area contributed by atoms with Gasteiger partial charge < -0.3 is 10.2 Å². The Morgan fingerprint density at radius 1 is 1.47 bits per heavy atom. The van der Waals surface area contributed by atoms with Gasteiger partial charge in [-0.3, -0.25) is 9.59 Å². The largest absolute Gasteiger partial charge is 0.309 e. The Kier molecular flexibility index (Phi) is 3.63. The molecule has 0 aliphatic carbocycles. The summed E-state index contributed by atoms with van der Waals surface area (Å²) in [5, 5.41) is 12.0. The fraction of sp³-hybridized carbons (Fsp3) is 0.357. The molecule has 1 N–H and O–H groups in total. The molecule has 1 heterocycles. The summed E-state index contributed by atoms with van der Waals surface area (Å²) in [6, 6.07) is 5.41. The van der Waals surface area contributed by atoms with E-state index in [0.29, 0.717) is 35.5 Å². The minimum atomic E-state index is -0.129. The van der Waals surface area contributed by atoms with Gasteiger partial charge in [0.05, 0.1) is 23.9 Å². The van der Waals surface area contributed by atoms with Crippen molar-refractivity contribution in [2.24, 2.45) is 0 Å². The van der Waals surface area contributed by atoms with E-state index in [9.17, 15) is 9.59 Å². The maximum Gasteiger partial charge on any atom is 0.241 e. The maximum atomic E-state index is 11.9. The number of hydrogen-bond acceptors (Lipinski definition) is 4. The van der Waals surface area contributed by atoms with Gasteiger partial charge in [0.15, 0.2) is 5.78 Å². The highest BCUT2D eigenvalue weighted by Gasteiger charge is 2.24. The molecular formula is C14H15N3O2. The molecule has 1 amide bonds. The van der Waals surface area contributed by atoms with Gasteiger partial charge in [-0.25, -0.2) is 0 Å². The summed E-state index contributed by atoms with van der Waals surface area (Å²) < 4.78 is 0. The topological polar surface area (TPSA) is 73.2 Å². The SMILES string of the molecule is CC(=O)c1c(N2CCNCC2=O)ccc(C#N)c1C. The third-order valence-electron chi connectivity index (χ3n) is 3.30. The molecule has 1 aliphatic rings. The predicted octanol–water partition coefficient (Wildman–Crippen LogP) is 1.01. The maximum absolute atomic E-state index is 11.9. The van der Waals surface area contributed by atoms with Crippen molar-refractivity contribution in [1.82, 2.24) is 5.32 Å². The molecule has 19 heavy (non-hydrogen) atoms. The summed E-state index contributed by atoms with van der Waals surface area (Å²) in [5.41, 5.74) is 2.18. The van der Waals surface area contributed by atoms with E-state index in [1.165, 1.54) is 6.92 Å². The fourth-order valence-corrected chi connectivity index (χ4v) is 2.35. The zero-order chi connectivity index (χ0) is 14.0. The lowest BCUT2D eigenvalue weighted by atomic mass is 9.97. The number of carbonyl (C=O) groups is 2. The number of benzene rings is 1. The molecule has 0 bridgehead atoms.